The minimum atomic E-state index is -3.65. The Morgan fingerprint density at radius 3 is 2.54 bits per heavy atom. The minimum absolute atomic E-state index is 0.0326. The lowest BCUT2D eigenvalue weighted by molar-refractivity contribution is -0.384. The Bertz CT molecular complexity index is 1230. The van der Waals surface area contributed by atoms with Crippen molar-refractivity contribution in [3.05, 3.63) is 56.5 Å². The van der Waals surface area contributed by atoms with Crippen molar-refractivity contribution in [2.45, 2.75) is 12.1 Å². The van der Waals surface area contributed by atoms with Gasteiger partial charge in [-0.15, -0.1) is 0 Å². The highest BCUT2D eigenvalue weighted by atomic mass is 32.2. The van der Waals surface area contributed by atoms with E-state index < -0.39 is 25.5 Å². The van der Waals surface area contributed by atoms with Crippen LogP contribution in [-0.2, 0) is 16.9 Å². The van der Waals surface area contributed by atoms with Crippen LogP contribution < -0.4 is 5.56 Å². The summed E-state index contributed by atoms with van der Waals surface area (Å²) in [4.78, 5) is 30.9. The van der Waals surface area contributed by atoms with E-state index in [1.165, 1.54) is 29.9 Å². The highest BCUT2D eigenvalue weighted by Crippen LogP contribution is 2.28. The van der Waals surface area contributed by atoms with Gasteiger partial charge in [0, 0.05) is 42.6 Å². The van der Waals surface area contributed by atoms with Gasteiger partial charge in [0.05, 0.1) is 10.6 Å². The Hall–Kier alpha value is -3.14. The van der Waals surface area contributed by atoms with Gasteiger partial charge in [0.1, 0.15) is 5.52 Å². The van der Waals surface area contributed by atoms with Crippen molar-refractivity contribution < 1.29 is 13.3 Å². The van der Waals surface area contributed by atoms with Crippen molar-refractivity contribution in [1.29, 1.82) is 0 Å². The number of aromatic nitrogens is 3. The van der Waals surface area contributed by atoms with Gasteiger partial charge in [-0.1, -0.05) is 6.07 Å². The maximum Gasteiger partial charge on any atom is 0.277 e. The van der Waals surface area contributed by atoms with Crippen LogP contribution in [0.2, 0.25) is 0 Å². The van der Waals surface area contributed by atoms with E-state index in [1.54, 1.807) is 19.1 Å². The zero-order valence-electron chi connectivity index (χ0n) is 14.1. The third-order valence-corrected chi connectivity index (χ3v) is 4.86. The lowest BCUT2D eigenvalue weighted by atomic mass is 10.0. The second-order valence-corrected chi connectivity index (χ2v) is 7.79. The summed E-state index contributed by atoms with van der Waals surface area (Å²) < 4.78 is 24.5. The summed E-state index contributed by atoms with van der Waals surface area (Å²) in [6.07, 6.45) is 2.22. The number of benzene rings is 1. The third kappa shape index (κ3) is 2.94. The summed E-state index contributed by atoms with van der Waals surface area (Å²) in [6.45, 7) is 1.77. The Morgan fingerprint density at radius 1 is 1.23 bits per heavy atom. The summed E-state index contributed by atoms with van der Waals surface area (Å²) in [7, 11) is -2.16. The molecule has 3 aromatic rings. The molecule has 0 atom stereocenters. The second-order valence-electron chi connectivity index (χ2n) is 5.88. The molecule has 0 saturated carbocycles. The van der Waals surface area contributed by atoms with E-state index in [-0.39, 0.29) is 11.2 Å². The maximum absolute atomic E-state index is 12.7. The molecule has 0 bridgehead atoms. The first-order valence-electron chi connectivity index (χ1n) is 7.42. The van der Waals surface area contributed by atoms with Crippen LogP contribution in [0.15, 0.2) is 40.4 Å². The summed E-state index contributed by atoms with van der Waals surface area (Å²) in [6, 6.07) is 5.99. The van der Waals surface area contributed by atoms with Gasteiger partial charge in [-0.3, -0.25) is 14.9 Å². The average molecular weight is 374 g/mol. The molecule has 0 unspecified atom stereocenters. The number of sulfone groups is 1. The molecule has 9 nitrogen and oxygen atoms in total. The number of hydrogen-bond acceptors (Lipinski definition) is 7. The van der Waals surface area contributed by atoms with Gasteiger partial charge in [0.25, 0.3) is 11.2 Å². The number of nitro benzene ring substituents is 1. The van der Waals surface area contributed by atoms with Crippen LogP contribution in [0.5, 0.6) is 0 Å². The van der Waals surface area contributed by atoms with Gasteiger partial charge >= 0.3 is 0 Å². The van der Waals surface area contributed by atoms with Crippen LogP contribution >= 0.6 is 0 Å². The predicted molar refractivity (Wildman–Crippen MR) is 94.7 cm³/mol. The highest BCUT2D eigenvalue weighted by Gasteiger charge is 2.18. The number of rotatable bonds is 3. The third-order valence-electron chi connectivity index (χ3n) is 4.00. The molecule has 0 aliphatic carbocycles. The SMILES string of the molecule is Cc1ccc([N+](=O)[O-])cc1-c1cc2cnc(S(C)(=O)=O)nc2c(=O)n1C. The monoisotopic (exact) mass is 374 g/mol. The molecule has 0 radical (unpaired) electrons. The molecule has 10 heteroatoms. The van der Waals surface area contributed by atoms with Gasteiger partial charge in [-0.25, -0.2) is 18.4 Å². The summed E-state index contributed by atoms with van der Waals surface area (Å²) in [5, 5.41) is 11.0. The van der Waals surface area contributed by atoms with Crippen LogP contribution in [0.4, 0.5) is 5.69 Å². The van der Waals surface area contributed by atoms with Crippen molar-refractivity contribution in [2.75, 3.05) is 6.26 Å². The van der Waals surface area contributed by atoms with Crippen LogP contribution in [-0.4, -0.2) is 34.1 Å². The Kier molecular flexibility index (Phi) is 4.07. The van der Waals surface area contributed by atoms with E-state index in [0.717, 1.165) is 11.8 Å². The number of fused-ring (bicyclic) bond motifs is 1. The van der Waals surface area contributed by atoms with Crippen LogP contribution in [0.1, 0.15) is 5.56 Å². The maximum atomic E-state index is 12.7. The number of hydrogen-bond donors (Lipinski definition) is 0. The number of nitro groups is 1. The molecule has 2 heterocycles. The first kappa shape index (κ1) is 17.7. The first-order chi connectivity index (χ1) is 12.1. The molecule has 0 spiro atoms. The standard InChI is InChI=1S/C16H14N4O5S/c1-9-4-5-11(20(22)23)7-12(9)13-6-10-8-17-16(26(3,24)25)18-14(10)15(21)19(13)2/h4-8H,1-3H3. The van der Waals surface area contributed by atoms with E-state index >= 15 is 0 Å². The summed E-state index contributed by atoms with van der Waals surface area (Å²) in [5.41, 5.74) is 1.07. The molecular weight excluding hydrogens is 360 g/mol. The molecule has 1 aromatic carbocycles. The average Bonchev–Trinajstić information content (AvgIpc) is 2.57. The van der Waals surface area contributed by atoms with E-state index in [2.05, 4.69) is 9.97 Å². The lowest BCUT2D eigenvalue weighted by Gasteiger charge is -2.12. The molecule has 0 N–H and O–H groups in total. The lowest BCUT2D eigenvalue weighted by Crippen LogP contribution is -2.21. The van der Waals surface area contributed by atoms with Crippen molar-refractivity contribution in [3.8, 4) is 11.3 Å². The predicted octanol–water partition coefficient (Wildman–Crippen LogP) is 1.62. The smallest absolute Gasteiger partial charge is 0.277 e. The number of non-ortho nitro benzene ring substituents is 1. The number of aryl methyl sites for hydroxylation is 1. The van der Waals surface area contributed by atoms with E-state index in [1.807, 2.05) is 0 Å². The molecule has 26 heavy (non-hydrogen) atoms. The fourth-order valence-corrected chi connectivity index (χ4v) is 3.10. The Balaban J connectivity index is 2.33. The Morgan fingerprint density at radius 2 is 1.92 bits per heavy atom. The van der Waals surface area contributed by atoms with Gasteiger partial charge in [0.15, 0.2) is 0 Å². The fourth-order valence-electron chi connectivity index (χ4n) is 2.60. The van der Waals surface area contributed by atoms with Crippen molar-refractivity contribution in [2.24, 2.45) is 7.05 Å². The highest BCUT2D eigenvalue weighted by molar-refractivity contribution is 7.90. The molecule has 3 rings (SSSR count). The van der Waals surface area contributed by atoms with Crippen LogP contribution in [0.3, 0.4) is 0 Å². The van der Waals surface area contributed by atoms with E-state index in [0.29, 0.717) is 16.6 Å². The zero-order chi connectivity index (χ0) is 19.2. The fraction of sp³-hybridized carbons (Fsp3) is 0.188. The second kappa shape index (κ2) is 5.99. The molecule has 0 amide bonds. The van der Waals surface area contributed by atoms with Gasteiger partial charge in [-0.2, -0.15) is 0 Å². The van der Waals surface area contributed by atoms with Crippen LogP contribution in [0.25, 0.3) is 22.2 Å². The van der Waals surface area contributed by atoms with Gasteiger partial charge < -0.3 is 4.57 Å². The van der Waals surface area contributed by atoms with Crippen molar-refractivity contribution >= 4 is 26.4 Å². The van der Waals surface area contributed by atoms with Crippen molar-refractivity contribution in [3.63, 3.8) is 0 Å². The van der Waals surface area contributed by atoms with Gasteiger partial charge in [-0.05, 0) is 18.6 Å². The normalized spacial score (nSPS) is 11.7. The van der Waals surface area contributed by atoms with E-state index in [9.17, 15) is 23.3 Å². The zero-order valence-corrected chi connectivity index (χ0v) is 14.9. The first-order valence-corrected chi connectivity index (χ1v) is 9.31. The quantitative estimate of drug-likeness (QED) is 0.387. The topological polar surface area (TPSA) is 125 Å². The van der Waals surface area contributed by atoms with Crippen LogP contribution in [0, 0.1) is 17.0 Å². The molecule has 0 fully saturated rings. The number of nitrogens with zero attached hydrogens (tertiary/aromatic N) is 4. The number of pyridine rings is 1. The minimum Gasteiger partial charge on any atom is -0.309 e. The summed E-state index contributed by atoms with van der Waals surface area (Å²) in [5.74, 6) is 0. The van der Waals surface area contributed by atoms with E-state index in [4.69, 9.17) is 0 Å². The molecule has 2 aromatic heterocycles. The molecular formula is C16H14N4O5S. The summed E-state index contributed by atoms with van der Waals surface area (Å²) >= 11 is 0. The van der Waals surface area contributed by atoms with Gasteiger partial charge in [0.2, 0.25) is 15.0 Å². The Labute approximate surface area is 148 Å². The molecule has 0 aliphatic heterocycles. The molecule has 134 valence electrons. The molecule has 0 aliphatic rings. The largest absolute Gasteiger partial charge is 0.309 e. The molecule has 0 saturated heterocycles. The van der Waals surface area contributed by atoms with Crippen molar-refractivity contribution in [1.82, 2.24) is 14.5 Å².